The van der Waals surface area contributed by atoms with E-state index >= 15 is 0 Å². The number of urea groups is 1. The minimum atomic E-state index is -1.15. The SMILES string of the molecule is CCOCCNC(=O)Nc1c(Cl)cc(C(=O)O)cc1Cl. The van der Waals surface area contributed by atoms with Gasteiger partial charge in [-0.15, -0.1) is 0 Å². The Labute approximate surface area is 126 Å². The number of rotatable bonds is 6. The molecule has 0 saturated carbocycles. The molecule has 0 radical (unpaired) electrons. The maximum Gasteiger partial charge on any atom is 0.335 e. The fourth-order valence-corrected chi connectivity index (χ4v) is 1.94. The molecular weight excluding hydrogens is 307 g/mol. The summed E-state index contributed by atoms with van der Waals surface area (Å²) in [5.74, 6) is -1.15. The van der Waals surface area contributed by atoms with Crippen molar-refractivity contribution in [2.45, 2.75) is 6.92 Å². The molecule has 0 aliphatic heterocycles. The van der Waals surface area contributed by atoms with E-state index in [1.54, 1.807) is 0 Å². The van der Waals surface area contributed by atoms with Crippen molar-refractivity contribution >= 4 is 40.9 Å². The number of aromatic carboxylic acids is 1. The fourth-order valence-electron chi connectivity index (χ4n) is 1.35. The predicted octanol–water partition coefficient (Wildman–Crippen LogP) is 2.85. The Morgan fingerprint density at radius 2 is 1.90 bits per heavy atom. The number of hydrogen-bond donors (Lipinski definition) is 3. The van der Waals surface area contributed by atoms with Gasteiger partial charge in [-0.05, 0) is 19.1 Å². The Kier molecular flexibility index (Phi) is 6.57. The molecule has 6 nitrogen and oxygen atoms in total. The first-order valence-electron chi connectivity index (χ1n) is 5.80. The Balaban J connectivity index is 2.68. The molecule has 1 aromatic rings. The van der Waals surface area contributed by atoms with E-state index in [-0.39, 0.29) is 21.3 Å². The lowest BCUT2D eigenvalue weighted by molar-refractivity contribution is 0.0697. The van der Waals surface area contributed by atoms with Gasteiger partial charge in [0.05, 0.1) is 27.9 Å². The van der Waals surface area contributed by atoms with E-state index in [1.807, 2.05) is 6.92 Å². The molecule has 0 unspecified atom stereocenters. The van der Waals surface area contributed by atoms with Crippen molar-refractivity contribution in [2.75, 3.05) is 25.1 Å². The summed E-state index contributed by atoms with van der Waals surface area (Å²) in [6, 6.07) is 1.92. The molecule has 0 aliphatic rings. The number of halogens is 2. The van der Waals surface area contributed by atoms with Crippen molar-refractivity contribution in [3.05, 3.63) is 27.7 Å². The largest absolute Gasteiger partial charge is 0.478 e. The fraction of sp³-hybridized carbons (Fsp3) is 0.333. The van der Waals surface area contributed by atoms with Gasteiger partial charge in [0.1, 0.15) is 0 Å². The van der Waals surface area contributed by atoms with Crippen molar-refractivity contribution in [1.82, 2.24) is 5.32 Å². The Hall–Kier alpha value is -1.50. The Morgan fingerprint density at radius 1 is 1.30 bits per heavy atom. The lowest BCUT2D eigenvalue weighted by Crippen LogP contribution is -2.31. The second kappa shape index (κ2) is 7.94. The molecule has 2 amide bonds. The monoisotopic (exact) mass is 320 g/mol. The molecule has 0 fully saturated rings. The third-order valence-corrected chi connectivity index (χ3v) is 2.86. The van der Waals surface area contributed by atoms with Crippen LogP contribution in [-0.4, -0.2) is 36.9 Å². The van der Waals surface area contributed by atoms with E-state index in [9.17, 15) is 9.59 Å². The van der Waals surface area contributed by atoms with Crippen LogP contribution in [0, 0.1) is 0 Å². The van der Waals surface area contributed by atoms with Crippen LogP contribution in [0.3, 0.4) is 0 Å². The molecule has 8 heteroatoms. The van der Waals surface area contributed by atoms with Crippen LogP contribution in [0.15, 0.2) is 12.1 Å². The molecule has 0 bridgehead atoms. The van der Waals surface area contributed by atoms with E-state index in [2.05, 4.69) is 10.6 Å². The molecule has 110 valence electrons. The van der Waals surface area contributed by atoms with Gasteiger partial charge in [-0.25, -0.2) is 9.59 Å². The van der Waals surface area contributed by atoms with E-state index < -0.39 is 12.0 Å². The van der Waals surface area contributed by atoms with E-state index in [0.717, 1.165) is 0 Å². The van der Waals surface area contributed by atoms with Gasteiger partial charge < -0.3 is 20.5 Å². The number of nitrogens with one attached hydrogen (secondary N) is 2. The number of ether oxygens (including phenoxy) is 1. The number of carbonyl (C=O) groups excluding carboxylic acids is 1. The standard InChI is InChI=1S/C12H14Cl2N2O4/c1-2-20-4-3-15-12(19)16-10-8(13)5-7(11(17)18)6-9(10)14/h5-6H,2-4H2,1H3,(H,17,18)(H2,15,16,19). The first kappa shape index (κ1) is 16.6. The summed E-state index contributed by atoms with van der Waals surface area (Å²) in [6.07, 6.45) is 0. The van der Waals surface area contributed by atoms with Crippen LogP contribution in [0.4, 0.5) is 10.5 Å². The molecule has 0 spiro atoms. The maximum absolute atomic E-state index is 11.6. The topological polar surface area (TPSA) is 87.7 Å². The van der Waals surface area contributed by atoms with Gasteiger partial charge in [-0.1, -0.05) is 23.2 Å². The summed E-state index contributed by atoms with van der Waals surface area (Å²) in [5, 5.41) is 14.0. The third-order valence-electron chi connectivity index (χ3n) is 2.26. The van der Waals surface area contributed by atoms with E-state index in [1.165, 1.54) is 12.1 Å². The molecule has 0 saturated heterocycles. The summed E-state index contributed by atoms with van der Waals surface area (Å²) >= 11 is 11.8. The number of carboxylic acids is 1. The summed E-state index contributed by atoms with van der Waals surface area (Å²) < 4.78 is 5.06. The van der Waals surface area contributed by atoms with Gasteiger partial charge in [0.2, 0.25) is 0 Å². The Morgan fingerprint density at radius 3 is 2.40 bits per heavy atom. The zero-order valence-electron chi connectivity index (χ0n) is 10.7. The maximum atomic E-state index is 11.6. The first-order chi connectivity index (χ1) is 9.45. The van der Waals surface area contributed by atoms with Crippen LogP contribution < -0.4 is 10.6 Å². The highest BCUT2D eigenvalue weighted by Gasteiger charge is 2.14. The minimum absolute atomic E-state index is 0.0508. The summed E-state index contributed by atoms with van der Waals surface area (Å²) in [5.41, 5.74) is 0.106. The smallest absolute Gasteiger partial charge is 0.335 e. The highest BCUT2D eigenvalue weighted by atomic mass is 35.5. The number of benzene rings is 1. The van der Waals surface area contributed by atoms with Gasteiger partial charge in [-0.2, -0.15) is 0 Å². The molecule has 1 aromatic carbocycles. The average molecular weight is 321 g/mol. The van der Waals surface area contributed by atoms with Crippen molar-refractivity contribution in [2.24, 2.45) is 0 Å². The van der Waals surface area contributed by atoms with Crippen molar-refractivity contribution < 1.29 is 19.4 Å². The van der Waals surface area contributed by atoms with Gasteiger partial charge in [0, 0.05) is 13.2 Å². The summed E-state index contributed by atoms with van der Waals surface area (Å²) in [4.78, 5) is 22.4. The molecule has 1 rings (SSSR count). The second-order valence-corrected chi connectivity index (χ2v) is 4.51. The third kappa shape index (κ3) is 4.88. The predicted molar refractivity (Wildman–Crippen MR) is 76.9 cm³/mol. The number of carboxylic acid groups (broad SMARTS) is 1. The van der Waals surface area contributed by atoms with Crippen LogP contribution in [0.5, 0.6) is 0 Å². The molecule has 20 heavy (non-hydrogen) atoms. The normalized spacial score (nSPS) is 10.2. The number of carbonyl (C=O) groups is 2. The molecule has 0 aliphatic carbocycles. The summed E-state index contributed by atoms with van der Waals surface area (Å²) in [6.45, 7) is 3.15. The van der Waals surface area contributed by atoms with E-state index in [0.29, 0.717) is 19.8 Å². The second-order valence-electron chi connectivity index (χ2n) is 3.70. The first-order valence-corrected chi connectivity index (χ1v) is 6.56. The molecule has 0 atom stereocenters. The van der Waals surface area contributed by atoms with Gasteiger partial charge in [0.25, 0.3) is 0 Å². The molecular formula is C12H14Cl2N2O4. The van der Waals surface area contributed by atoms with E-state index in [4.69, 9.17) is 33.0 Å². The molecule has 0 heterocycles. The highest BCUT2D eigenvalue weighted by Crippen LogP contribution is 2.31. The van der Waals surface area contributed by atoms with Crippen molar-refractivity contribution in [3.8, 4) is 0 Å². The van der Waals surface area contributed by atoms with Crippen LogP contribution in [0.1, 0.15) is 17.3 Å². The number of anilines is 1. The van der Waals surface area contributed by atoms with Crippen LogP contribution in [0.25, 0.3) is 0 Å². The molecule has 0 aromatic heterocycles. The summed E-state index contributed by atoms with van der Waals surface area (Å²) in [7, 11) is 0. The van der Waals surface area contributed by atoms with Crippen LogP contribution >= 0.6 is 23.2 Å². The van der Waals surface area contributed by atoms with Crippen molar-refractivity contribution in [1.29, 1.82) is 0 Å². The lowest BCUT2D eigenvalue weighted by atomic mass is 10.2. The van der Waals surface area contributed by atoms with Crippen molar-refractivity contribution in [3.63, 3.8) is 0 Å². The average Bonchev–Trinajstić information content (AvgIpc) is 2.38. The minimum Gasteiger partial charge on any atom is -0.478 e. The van der Waals surface area contributed by atoms with Gasteiger partial charge >= 0.3 is 12.0 Å². The number of amides is 2. The highest BCUT2D eigenvalue weighted by molar-refractivity contribution is 6.40. The van der Waals surface area contributed by atoms with Crippen LogP contribution in [-0.2, 0) is 4.74 Å². The zero-order valence-corrected chi connectivity index (χ0v) is 12.2. The van der Waals surface area contributed by atoms with Crippen LogP contribution in [0.2, 0.25) is 10.0 Å². The zero-order chi connectivity index (χ0) is 15.1. The number of hydrogen-bond acceptors (Lipinski definition) is 3. The van der Waals surface area contributed by atoms with Gasteiger partial charge in [-0.3, -0.25) is 0 Å². The van der Waals surface area contributed by atoms with Gasteiger partial charge in [0.15, 0.2) is 0 Å². The Bertz CT molecular complexity index is 485. The quantitative estimate of drug-likeness (QED) is 0.703. The lowest BCUT2D eigenvalue weighted by Gasteiger charge is -2.11. The molecule has 3 N–H and O–H groups in total.